The third kappa shape index (κ3) is 2.46. The van der Waals surface area contributed by atoms with E-state index in [-0.39, 0.29) is 24.2 Å². The van der Waals surface area contributed by atoms with Gasteiger partial charge in [0.25, 0.3) is 0 Å². The van der Waals surface area contributed by atoms with Crippen LogP contribution in [0.5, 0.6) is 0 Å². The summed E-state index contributed by atoms with van der Waals surface area (Å²) in [5.41, 5.74) is 1.95. The van der Waals surface area contributed by atoms with Crippen molar-refractivity contribution < 1.29 is 9.59 Å². The van der Waals surface area contributed by atoms with Gasteiger partial charge >= 0.3 is 0 Å². The summed E-state index contributed by atoms with van der Waals surface area (Å²) in [6.45, 7) is 3.82. The molecule has 1 aromatic carbocycles. The maximum absolute atomic E-state index is 12.9. The van der Waals surface area contributed by atoms with Gasteiger partial charge in [-0.3, -0.25) is 14.5 Å². The fourth-order valence-electron chi connectivity index (χ4n) is 3.45. The molecule has 0 radical (unpaired) electrons. The summed E-state index contributed by atoms with van der Waals surface area (Å²) >= 11 is 0. The third-order valence-electron chi connectivity index (χ3n) is 4.64. The van der Waals surface area contributed by atoms with E-state index in [1.54, 1.807) is 14.5 Å². The standard InChI is InChI=1S/C17H19N5O2/c1-12-4-2-5-14(8-12)21-10-13(9-15(21)23)16(24)20-6-3-7-22-17(20)18-11-19-22/h2,4-5,8,11,13H,3,6-7,9-10H2,1H3/t13-/m0/s1. The van der Waals surface area contributed by atoms with Gasteiger partial charge in [0.2, 0.25) is 17.8 Å². The van der Waals surface area contributed by atoms with Gasteiger partial charge in [0.1, 0.15) is 6.33 Å². The van der Waals surface area contributed by atoms with Crippen molar-refractivity contribution in [1.29, 1.82) is 0 Å². The number of hydrogen-bond acceptors (Lipinski definition) is 4. The van der Waals surface area contributed by atoms with Crippen LogP contribution in [0.3, 0.4) is 0 Å². The summed E-state index contributed by atoms with van der Waals surface area (Å²) in [7, 11) is 0. The lowest BCUT2D eigenvalue weighted by Gasteiger charge is -2.28. The second-order valence-electron chi connectivity index (χ2n) is 6.37. The Morgan fingerprint density at radius 1 is 1.29 bits per heavy atom. The molecule has 3 heterocycles. The lowest BCUT2D eigenvalue weighted by Crippen LogP contribution is -2.42. The monoisotopic (exact) mass is 325 g/mol. The Hall–Kier alpha value is -2.70. The molecule has 1 fully saturated rings. The van der Waals surface area contributed by atoms with Crippen LogP contribution in [0.1, 0.15) is 18.4 Å². The minimum atomic E-state index is -0.332. The highest BCUT2D eigenvalue weighted by Gasteiger charge is 2.39. The van der Waals surface area contributed by atoms with Crippen molar-refractivity contribution in [3.63, 3.8) is 0 Å². The first kappa shape index (κ1) is 14.9. The van der Waals surface area contributed by atoms with Crippen LogP contribution in [0.15, 0.2) is 30.6 Å². The van der Waals surface area contributed by atoms with E-state index in [0.717, 1.165) is 24.2 Å². The number of anilines is 2. The van der Waals surface area contributed by atoms with E-state index in [1.807, 2.05) is 31.2 Å². The molecule has 0 N–H and O–H groups in total. The first-order valence-electron chi connectivity index (χ1n) is 8.20. The van der Waals surface area contributed by atoms with Crippen molar-refractivity contribution in [2.45, 2.75) is 26.3 Å². The summed E-state index contributed by atoms with van der Waals surface area (Å²) in [4.78, 5) is 32.9. The number of aryl methyl sites for hydroxylation is 2. The van der Waals surface area contributed by atoms with Crippen LogP contribution in [-0.2, 0) is 16.1 Å². The van der Waals surface area contributed by atoms with Gasteiger partial charge in [-0.1, -0.05) is 12.1 Å². The maximum atomic E-state index is 12.9. The van der Waals surface area contributed by atoms with Gasteiger partial charge in [0, 0.05) is 31.7 Å². The number of nitrogens with zero attached hydrogens (tertiary/aromatic N) is 5. The van der Waals surface area contributed by atoms with Gasteiger partial charge < -0.3 is 4.90 Å². The van der Waals surface area contributed by atoms with Crippen LogP contribution < -0.4 is 9.80 Å². The summed E-state index contributed by atoms with van der Waals surface area (Å²) < 4.78 is 1.75. The quantitative estimate of drug-likeness (QED) is 0.836. The first-order chi connectivity index (χ1) is 11.6. The molecule has 1 aromatic heterocycles. The molecule has 2 aliphatic heterocycles. The molecule has 0 spiro atoms. The zero-order valence-electron chi connectivity index (χ0n) is 13.6. The van der Waals surface area contributed by atoms with E-state index in [1.165, 1.54) is 6.33 Å². The molecule has 0 saturated carbocycles. The highest BCUT2D eigenvalue weighted by Crippen LogP contribution is 2.28. The largest absolute Gasteiger partial charge is 0.312 e. The van der Waals surface area contributed by atoms with Crippen molar-refractivity contribution in [1.82, 2.24) is 14.8 Å². The van der Waals surface area contributed by atoms with Crippen LogP contribution in [0.4, 0.5) is 11.6 Å². The molecule has 2 aliphatic rings. The Morgan fingerprint density at radius 2 is 2.17 bits per heavy atom. The smallest absolute Gasteiger partial charge is 0.234 e. The van der Waals surface area contributed by atoms with Crippen LogP contribution in [0, 0.1) is 12.8 Å². The van der Waals surface area contributed by atoms with Gasteiger partial charge in [0.05, 0.1) is 5.92 Å². The SMILES string of the molecule is Cc1cccc(N2C[C@@H](C(=O)N3CCCn4ncnc43)CC2=O)c1. The third-order valence-corrected chi connectivity index (χ3v) is 4.64. The van der Waals surface area contributed by atoms with Gasteiger partial charge in [-0.15, -0.1) is 0 Å². The van der Waals surface area contributed by atoms with E-state index < -0.39 is 0 Å². The van der Waals surface area contributed by atoms with Gasteiger partial charge in [-0.25, -0.2) is 4.68 Å². The molecule has 2 aromatic rings. The molecule has 24 heavy (non-hydrogen) atoms. The summed E-state index contributed by atoms with van der Waals surface area (Å²) in [5, 5.41) is 4.14. The molecular weight excluding hydrogens is 306 g/mol. The summed E-state index contributed by atoms with van der Waals surface area (Å²) in [6.07, 6.45) is 2.57. The van der Waals surface area contributed by atoms with Crippen LogP contribution in [-0.4, -0.2) is 39.7 Å². The molecule has 0 unspecified atom stereocenters. The Labute approximate surface area is 139 Å². The molecule has 7 heteroatoms. The number of rotatable bonds is 2. The van der Waals surface area contributed by atoms with Crippen LogP contribution >= 0.6 is 0 Å². The molecular formula is C17H19N5O2. The lowest BCUT2D eigenvalue weighted by molar-refractivity contribution is -0.124. The van der Waals surface area contributed by atoms with Gasteiger partial charge in [0.15, 0.2) is 0 Å². The minimum Gasteiger partial charge on any atom is -0.312 e. The summed E-state index contributed by atoms with van der Waals surface area (Å²) in [6, 6.07) is 7.81. The van der Waals surface area contributed by atoms with Crippen LogP contribution in [0.25, 0.3) is 0 Å². The summed E-state index contributed by atoms with van der Waals surface area (Å²) in [5.74, 6) is 0.221. The maximum Gasteiger partial charge on any atom is 0.234 e. The second kappa shape index (κ2) is 5.74. The Bertz CT molecular complexity index is 800. The topological polar surface area (TPSA) is 71.3 Å². The number of amides is 2. The average molecular weight is 325 g/mol. The predicted octanol–water partition coefficient (Wildman–Crippen LogP) is 1.38. The number of aromatic nitrogens is 3. The highest BCUT2D eigenvalue weighted by atomic mass is 16.2. The molecule has 0 bridgehead atoms. The van der Waals surface area contributed by atoms with E-state index in [4.69, 9.17) is 0 Å². The fraction of sp³-hybridized carbons (Fsp3) is 0.412. The zero-order valence-corrected chi connectivity index (χ0v) is 13.6. The molecule has 4 rings (SSSR count). The van der Waals surface area contributed by atoms with E-state index in [9.17, 15) is 9.59 Å². The molecule has 7 nitrogen and oxygen atoms in total. The normalized spacial score (nSPS) is 20.4. The number of fused-ring (bicyclic) bond motifs is 1. The number of carbonyl (C=O) groups is 2. The van der Waals surface area contributed by atoms with Gasteiger partial charge in [-0.05, 0) is 31.0 Å². The van der Waals surface area contributed by atoms with Crippen molar-refractivity contribution >= 4 is 23.5 Å². The van der Waals surface area contributed by atoms with Crippen LogP contribution in [0.2, 0.25) is 0 Å². The number of carbonyl (C=O) groups excluding carboxylic acids is 2. The minimum absolute atomic E-state index is 0.00238. The zero-order chi connectivity index (χ0) is 16.7. The fourth-order valence-corrected chi connectivity index (χ4v) is 3.45. The van der Waals surface area contributed by atoms with E-state index >= 15 is 0 Å². The molecule has 2 amide bonds. The Balaban J connectivity index is 1.54. The van der Waals surface area contributed by atoms with Gasteiger partial charge in [-0.2, -0.15) is 10.1 Å². The Kier molecular flexibility index (Phi) is 3.55. The Morgan fingerprint density at radius 3 is 3.00 bits per heavy atom. The van der Waals surface area contributed by atoms with Crippen molar-refractivity contribution in [3.8, 4) is 0 Å². The lowest BCUT2D eigenvalue weighted by atomic mass is 10.1. The molecule has 1 atom stereocenters. The second-order valence-corrected chi connectivity index (χ2v) is 6.37. The predicted molar refractivity (Wildman–Crippen MR) is 88.6 cm³/mol. The molecule has 0 aliphatic carbocycles. The van der Waals surface area contributed by atoms with Crippen molar-refractivity contribution in [2.24, 2.45) is 5.92 Å². The highest BCUT2D eigenvalue weighted by molar-refractivity contribution is 6.04. The molecule has 124 valence electrons. The average Bonchev–Trinajstić information content (AvgIpc) is 3.20. The van der Waals surface area contributed by atoms with E-state index in [2.05, 4.69) is 10.1 Å². The van der Waals surface area contributed by atoms with Crippen molar-refractivity contribution in [3.05, 3.63) is 36.2 Å². The van der Waals surface area contributed by atoms with E-state index in [0.29, 0.717) is 19.0 Å². The number of hydrogen-bond donors (Lipinski definition) is 0. The van der Waals surface area contributed by atoms with Crippen molar-refractivity contribution in [2.75, 3.05) is 22.9 Å². The molecule has 1 saturated heterocycles. The first-order valence-corrected chi connectivity index (χ1v) is 8.20. The number of benzene rings is 1.